The van der Waals surface area contributed by atoms with E-state index in [-0.39, 0.29) is 56.4 Å². The zero-order valence-corrected chi connectivity index (χ0v) is 26.4. The van der Waals surface area contributed by atoms with E-state index in [1.165, 1.54) is 24.3 Å². The highest BCUT2D eigenvalue weighted by Gasteiger charge is 2.37. The number of carbonyl (C=O) groups is 4. The van der Waals surface area contributed by atoms with Gasteiger partial charge in [-0.05, 0) is 71.8 Å². The number of thioether (sulfide) groups is 1. The Bertz CT molecular complexity index is 1830. The van der Waals surface area contributed by atoms with Gasteiger partial charge in [-0.2, -0.15) is 26.3 Å². The topological polar surface area (TPSA) is 142 Å². The van der Waals surface area contributed by atoms with Gasteiger partial charge in [-0.1, -0.05) is 24.0 Å². The number of benzene rings is 3. The molecular weight excluding hydrogens is 706 g/mol. The molecule has 4 rings (SSSR count). The highest BCUT2D eigenvalue weighted by atomic mass is 32.2. The number of hydrogen-bond donors (Lipinski definition) is 3. The minimum atomic E-state index is -5.14. The Morgan fingerprint density at radius 3 is 2.06 bits per heavy atom. The number of halogens is 6. The molecule has 0 radical (unpaired) electrons. The number of ether oxygens (including phenoxy) is 2. The third-order valence-electron chi connectivity index (χ3n) is 6.70. The molecule has 0 aromatic heterocycles. The summed E-state index contributed by atoms with van der Waals surface area (Å²) < 4.78 is 92.1. The first kappa shape index (κ1) is 36.7. The van der Waals surface area contributed by atoms with E-state index in [4.69, 9.17) is 31.9 Å². The first-order chi connectivity index (χ1) is 22.9. The third kappa shape index (κ3) is 9.08. The van der Waals surface area contributed by atoms with Crippen LogP contribution >= 0.6 is 24.0 Å². The molecule has 1 saturated heterocycles. The van der Waals surface area contributed by atoms with E-state index >= 15 is 0 Å². The molecule has 10 nitrogen and oxygen atoms in total. The number of hydrogen-bond acceptors (Lipinski definition) is 8. The number of carboxylic acids is 2. The van der Waals surface area contributed by atoms with E-state index in [9.17, 15) is 45.5 Å². The van der Waals surface area contributed by atoms with Crippen molar-refractivity contribution in [3.63, 3.8) is 0 Å². The molecule has 1 heterocycles. The standard InChI is InChI=1S/C31H22F6N2O8S2/c1-46-22-11-16(17-9-19(30(32,33)34)13-20(10-17)31(35,36)37)8-18(26(22)47-14-25(41)42)12-23-27(43)39(29(48)49-23)7-6-24(40)38-21-4-2-15(3-5-21)28(44)45/h2-5,8-13H,6-7,14H2,1H3,(H,38,40)(H,41,42)(H,44,45). The molecule has 0 saturated carbocycles. The van der Waals surface area contributed by atoms with Crippen LogP contribution in [-0.2, 0) is 26.7 Å². The lowest BCUT2D eigenvalue weighted by molar-refractivity contribution is -0.143. The van der Waals surface area contributed by atoms with Crippen molar-refractivity contribution in [1.82, 2.24) is 4.90 Å². The monoisotopic (exact) mass is 728 g/mol. The first-order valence-corrected chi connectivity index (χ1v) is 14.8. The molecule has 0 spiro atoms. The van der Waals surface area contributed by atoms with Gasteiger partial charge in [-0.25, -0.2) is 9.59 Å². The molecule has 1 fully saturated rings. The summed E-state index contributed by atoms with van der Waals surface area (Å²) in [7, 11) is 1.11. The number of aromatic carboxylic acids is 1. The number of methoxy groups -OCH3 is 1. The smallest absolute Gasteiger partial charge is 0.416 e. The fourth-order valence-electron chi connectivity index (χ4n) is 4.43. The molecular formula is C31H22F6N2O8S2. The molecule has 0 atom stereocenters. The van der Waals surface area contributed by atoms with E-state index in [1.54, 1.807) is 0 Å². The highest BCUT2D eigenvalue weighted by Crippen LogP contribution is 2.43. The lowest BCUT2D eigenvalue weighted by Crippen LogP contribution is -2.31. The fourth-order valence-corrected chi connectivity index (χ4v) is 5.73. The van der Waals surface area contributed by atoms with Gasteiger partial charge in [0.1, 0.15) is 4.32 Å². The average molecular weight is 729 g/mol. The Hall–Kier alpha value is -5.10. The number of nitrogens with zero attached hydrogens (tertiary/aromatic N) is 1. The summed E-state index contributed by atoms with van der Waals surface area (Å²) in [6, 6.07) is 8.43. The molecule has 3 aromatic rings. The van der Waals surface area contributed by atoms with Crippen molar-refractivity contribution in [1.29, 1.82) is 0 Å². The van der Waals surface area contributed by atoms with Gasteiger partial charge in [-0.3, -0.25) is 14.5 Å². The number of carboxylic acid groups (broad SMARTS) is 2. The van der Waals surface area contributed by atoms with Gasteiger partial charge in [-0.15, -0.1) is 0 Å². The van der Waals surface area contributed by atoms with Crippen molar-refractivity contribution in [3.05, 3.63) is 81.8 Å². The maximum atomic E-state index is 13.6. The van der Waals surface area contributed by atoms with Crippen LogP contribution in [0.3, 0.4) is 0 Å². The van der Waals surface area contributed by atoms with Crippen LogP contribution in [0.5, 0.6) is 11.5 Å². The molecule has 2 amide bonds. The van der Waals surface area contributed by atoms with Gasteiger partial charge in [0.05, 0.1) is 28.7 Å². The largest absolute Gasteiger partial charge is 0.493 e. The van der Waals surface area contributed by atoms with Gasteiger partial charge in [0, 0.05) is 24.2 Å². The van der Waals surface area contributed by atoms with Crippen molar-refractivity contribution < 1.29 is 65.2 Å². The predicted octanol–water partition coefficient (Wildman–Crippen LogP) is 6.79. The van der Waals surface area contributed by atoms with Crippen LogP contribution in [-0.4, -0.2) is 63.4 Å². The second-order valence-corrected chi connectivity index (χ2v) is 11.8. The number of rotatable bonds is 11. The Morgan fingerprint density at radius 1 is 0.939 bits per heavy atom. The minimum Gasteiger partial charge on any atom is -0.493 e. The quantitative estimate of drug-likeness (QED) is 0.110. The van der Waals surface area contributed by atoms with Gasteiger partial charge in [0.25, 0.3) is 5.91 Å². The molecule has 1 aliphatic rings. The predicted molar refractivity (Wildman–Crippen MR) is 168 cm³/mol. The molecule has 3 aromatic carbocycles. The summed E-state index contributed by atoms with van der Waals surface area (Å²) >= 11 is 6.06. The number of anilines is 1. The van der Waals surface area contributed by atoms with Crippen molar-refractivity contribution in [3.8, 4) is 22.6 Å². The Balaban J connectivity index is 1.68. The number of carbonyl (C=O) groups excluding carboxylic acids is 2. The molecule has 1 aliphatic heterocycles. The molecule has 49 heavy (non-hydrogen) atoms. The second kappa shape index (κ2) is 14.6. The van der Waals surface area contributed by atoms with Crippen LogP contribution in [0.25, 0.3) is 17.2 Å². The molecule has 3 N–H and O–H groups in total. The molecule has 0 unspecified atom stereocenters. The van der Waals surface area contributed by atoms with Crippen LogP contribution in [0.2, 0.25) is 0 Å². The number of thiocarbonyl (C=S) groups is 1. The van der Waals surface area contributed by atoms with Gasteiger partial charge in [0.15, 0.2) is 18.1 Å². The van der Waals surface area contributed by atoms with Crippen molar-refractivity contribution in [2.24, 2.45) is 0 Å². The highest BCUT2D eigenvalue weighted by molar-refractivity contribution is 8.26. The van der Waals surface area contributed by atoms with Crippen molar-refractivity contribution in [2.45, 2.75) is 18.8 Å². The van der Waals surface area contributed by atoms with E-state index < -0.39 is 59.4 Å². The average Bonchev–Trinajstić information content (AvgIpc) is 3.28. The zero-order chi connectivity index (χ0) is 36.3. The van der Waals surface area contributed by atoms with E-state index in [2.05, 4.69) is 5.32 Å². The van der Waals surface area contributed by atoms with Crippen LogP contribution in [0, 0.1) is 0 Å². The first-order valence-electron chi connectivity index (χ1n) is 13.6. The van der Waals surface area contributed by atoms with Gasteiger partial charge >= 0.3 is 24.3 Å². The Labute approximate surface area is 282 Å². The van der Waals surface area contributed by atoms with Gasteiger partial charge in [0.2, 0.25) is 5.91 Å². The summed E-state index contributed by atoms with van der Waals surface area (Å²) in [6.45, 7) is -1.12. The van der Waals surface area contributed by atoms with E-state index in [0.717, 1.165) is 42.0 Å². The normalized spacial score (nSPS) is 14.3. The summed E-state index contributed by atoms with van der Waals surface area (Å²) in [5, 5.41) is 20.7. The lowest BCUT2D eigenvalue weighted by Gasteiger charge is -2.17. The summed E-state index contributed by atoms with van der Waals surface area (Å²) in [5.74, 6) is -4.37. The maximum Gasteiger partial charge on any atom is 0.416 e. The number of amides is 2. The van der Waals surface area contributed by atoms with Gasteiger partial charge < -0.3 is 25.0 Å². The number of nitrogens with one attached hydrogen (secondary N) is 1. The molecule has 0 bridgehead atoms. The Morgan fingerprint density at radius 2 is 1.53 bits per heavy atom. The summed E-state index contributed by atoms with van der Waals surface area (Å²) in [6.07, 6.45) is -9.36. The SMILES string of the molecule is COc1cc(-c2cc(C(F)(F)F)cc(C(F)(F)F)c2)cc(C=C2SC(=S)N(CCC(=O)Nc3ccc(C(=O)O)cc3)C2=O)c1OCC(=O)O. The molecule has 0 aliphatic carbocycles. The molecule has 258 valence electrons. The van der Waals surface area contributed by atoms with E-state index in [1.807, 2.05) is 0 Å². The van der Waals surface area contributed by atoms with Crippen LogP contribution < -0.4 is 14.8 Å². The van der Waals surface area contributed by atoms with E-state index in [0.29, 0.717) is 17.8 Å². The summed E-state index contributed by atoms with van der Waals surface area (Å²) in [4.78, 5) is 49.1. The third-order valence-corrected chi connectivity index (χ3v) is 8.08. The minimum absolute atomic E-state index is 0.00270. The zero-order valence-electron chi connectivity index (χ0n) is 24.8. The van der Waals surface area contributed by atoms with Crippen molar-refractivity contribution >= 4 is 63.8 Å². The maximum absolute atomic E-state index is 13.6. The van der Waals surface area contributed by atoms with Crippen molar-refractivity contribution in [2.75, 3.05) is 25.6 Å². The Kier molecular flexibility index (Phi) is 10.9. The van der Waals surface area contributed by atoms with Crippen LogP contribution in [0.4, 0.5) is 32.0 Å². The number of aliphatic carboxylic acids is 1. The fraction of sp³-hybridized carbons (Fsp3) is 0.194. The van der Waals surface area contributed by atoms with Crippen LogP contribution in [0.1, 0.15) is 33.5 Å². The molecule has 18 heteroatoms. The summed E-state index contributed by atoms with van der Waals surface area (Å²) in [5.41, 5.74) is -3.72. The second-order valence-electron chi connectivity index (χ2n) is 10.1. The number of alkyl halides is 6. The lowest BCUT2D eigenvalue weighted by atomic mass is 9.96. The van der Waals surface area contributed by atoms with Crippen LogP contribution in [0.15, 0.2) is 59.5 Å².